The van der Waals surface area contributed by atoms with Crippen molar-refractivity contribution in [3.63, 3.8) is 0 Å². The van der Waals surface area contributed by atoms with Crippen LogP contribution in [-0.2, 0) is 4.79 Å². The minimum Gasteiger partial charge on any atom is -0.480 e. The van der Waals surface area contributed by atoms with E-state index in [2.05, 4.69) is 39.6 Å². The zero-order valence-corrected chi connectivity index (χ0v) is 21.3. The number of fused-ring (bicyclic) bond motifs is 1. The fourth-order valence-corrected chi connectivity index (χ4v) is 6.05. The average molecular weight is 509 g/mol. The Morgan fingerprint density at radius 2 is 1.78 bits per heavy atom. The van der Waals surface area contributed by atoms with Crippen LogP contribution in [0.25, 0.3) is 10.9 Å². The van der Waals surface area contributed by atoms with Gasteiger partial charge in [0, 0.05) is 40.9 Å². The molecular formula is C28H33ClN4O3. The van der Waals surface area contributed by atoms with E-state index < -0.39 is 12.0 Å². The highest BCUT2D eigenvalue weighted by Gasteiger charge is 2.38. The maximum Gasteiger partial charge on any atom is 0.321 e. The Hall–Kier alpha value is -3.03. The molecule has 2 saturated heterocycles. The molecule has 0 bridgehead atoms. The lowest BCUT2D eigenvalue weighted by Gasteiger charge is -2.41. The van der Waals surface area contributed by atoms with Crippen LogP contribution in [0.5, 0.6) is 0 Å². The van der Waals surface area contributed by atoms with Gasteiger partial charge in [0.2, 0.25) is 0 Å². The molecule has 0 spiro atoms. The summed E-state index contributed by atoms with van der Waals surface area (Å²) >= 11 is 6.18. The van der Waals surface area contributed by atoms with E-state index in [-0.39, 0.29) is 11.9 Å². The number of hydrogen-bond acceptors (Lipinski definition) is 3. The molecule has 3 heterocycles. The van der Waals surface area contributed by atoms with Crippen LogP contribution in [0, 0.1) is 12.8 Å². The quantitative estimate of drug-likeness (QED) is 0.412. The highest BCUT2D eigenvalue weighted by atomic mass is 35.5. The molecule has 190 valence electrons. The molecule has 1 aromatic heterocycles. The fraction of sp³-hybridized carbons (Fsp3) is 0.429. The van der Waals surface area contributed by atoms with Crippen molar-refractivity contribution in [1.82, 2.24) is 14.8 Å². The molecule has 3 aromatic rings. The second kappa shape index (κ2) is 10.5. The number of nitrogens with zero attached hydrogens (tertiary/aromatic N) is 2. The molecule has 1 unspecified atom stereocenters. The molecule has 2 aliphatic rings. The minimum atomic E-state index is -0.752. The first kappa shape index (κ1) is 24.7. The number of halogens is 1. The van der Waals surface area contributed by atoms with Gasteiger partial charge in [0.25, 0.3) is 0 Å². The van der Waals surface area contributed by atoms with E-state index in [1.807, 2.05) is 25.1 Å². The predicted octanol–water partition coefficient (Wildman–Crippen LogP) is 5.71. The lowest BCUT2D eigenvalue weighted by Crippen LogP contribution is -2.52. The monoisotopic (exact) mass is 508 g/mol. The maximum atomic E-state index is 12.8. The third-order valence-electron chi connectivity index (χ3n) is 7.93. The van der Waals surface area contributed by atoms with Crippen LogP contribution >= 0.6 is 11.6 Å². The predicted molar refractivity (Wildman–Crippen MR) is 143 cm³/mol. The molecule has 3 N–H and O–H groups in total. The molecule has 2 aromatic carbocycles. The van der Waals surface area contributed by atoms with Gasteiger partial charge in [-0.15, -0.1) is 0 Å². The van der Waals surface area contributed by atoms with Gasteiger partial charge in [0.15, 0.2) is 0 Å². The van der Waals surface area contributed by atoms with Gasteiger partial charge in [-0.3, -0.25) is 9.69 Å². The zero-order chi connectivity index (χ0) is 25.2. The van der Waals surface area contributed by atoms with Crippen LogP contribution < -0.4 is 5.32 Å². The number of aliphatic carboxylic acids is 1. The number of H-pyrrole nitrogens is 1. The molecule has 0 aliphatic carbocycles. The number of rotatable bonds is 5. The number of piperidine rings is 2. The first-order valence-corrected chi connectivity index (χ1v) is 13.1. The molecule has 8 heteroatoms. The molecule has 2 aliphatic heterocycles. The van der Waals surface area contributed by atoms with Crippen molar-refractivity contribution in [2.75, 3.05) is 31.5 Å². The number of aromatic amines is 1. The Morgan fingerprint density at radius 1 is 1.06 bits per heavy atom. The van der Waals surface area contributed by atoms with Crippen LogP contribution in [-0.4, -0.2) is 64.1 Å². The van der Waals surface area contributed by atoms with Crippen LogP contribution in [0.3, 0.4) is 0 Å². The van der Waals surface area contributed by atoms with Crippen LogP contribution in [0.4, 0.5) is 10.5 Å². The first-order valence-electron chi connectivity index (χ1n) is 12.8. The largest absolute Gasteiger partial charge is 0.480 e. The number of hydrogen-bond donors (Lipinski definition) is 3. The number of benzene rings is 2. The summed E-state index contributed by atoms with van der Waals surface area (Å²) in [6, 6.07) is 13.2. The van der Waals surface area contributed by atoms with E-state index >= 15 is 0 Å². The Labute approximate surface area is 216 Å². The van der Waals surface area contributed by atoms with Crippen molar-refractivity contribution in [3.05, 3.63) is 64.8 Å². The number of carbonyl (C=O) groups is 2. The molecule has 0 saturated carbocycles. The van der Waals surface area contributed by atoms with E-state index in [0.717, 1.165) is 37.0 Å². The van der Waals surface area contributed by atoms with Crippen molar-refractivity contribution in [3.8, 4) is 0 Å². The summed E-state index contributed by atoms with van der Waals surface area (Å²) in [7, 11) is 0. The van der Waals surface area contributed by atoms with E-state index in [0.29, 0.717) is 42.6 Å². The van der Waals surface area contributed by atoms with E-state index in [1.54, 1.807) is 11.0 Å². The number of nitrogens with one attached hydrogen (secondary N) is 2. The molecule has 0 radical (unpaired) electrons. The minimum absolute atomic E-state index is 0.0324. The van der Waals surface area contributed by atoms with Gasteiger partial charge >= 0.3 is 12.0 Å². The highest BCUT2D eigenvalue weighted by Crippen LogP contribution is 2.35. The fourth-order valence-electron chi connectivity index (χ4n) is 5.87. The molecule has 36 heavy (non-hydrogen) atoms. The Morgan fingerprint density at radius 3 is 2.47 bits per heavy atom. The zero-order valence-electron chi connectivity index (χ0n) is 20.5. The summed E-state index contributed by atoms with van der Waals surface area (Å²) in [6.45, 7) is 4.56. The second-order valence-corrected chi connectivity index (χ2v) is 10.5. The summed E-state index contributed by atoms with van der Waals surface area (Å²) in [6.07, 6.45) is 5.38. The standard InChI is InChI=1S/C28H33ClN4O3/c1-18-6-7-21(16-24(18)29)31-28(36)33-14-10-20(11-15-33)26(27(34)35)32-12-8-19(9-13-32)23-17-30-25-5-3-2-4-22(23)25/h2-7,16-17,19-20,26,30H,8-15H2,1H3,(H,31,36)(H,34,35). The van der Waals surface area contributed by atoms with Crippen LogP contribution in [0.1, 0.15) is 42.7 Å². The maximum absolute atomic E-state index is 12.8. The van der Waals surface area contributed by atoms with Crippen molar-refractivity contribution in [2.45, 2.75) is 44.6 Å². The van der Waals surface area contributed by atoms with Gasteiger partial charge in [0.1, 0.15) is 6.04 Å². The highest BCUT2D eigenvalue weighted by molar-refractivity contribution is 6.31. The molecule has 7 nitrogen and oxygen atoms in total. The van der Waals surface area contributed by atoms with Gasteiger partial charge < -0.3 is 20.3 Å². The number of carboxylic acids is 1. The third kappa shape index (κ3) is 5.08. The van der Waals surface area contributed by atoms with Gasteiger partial charge in [-0.25, -0.2) is 4.79 Å². The van der Waals surface area contributed by atoms with Crippen LogP contribution in [0.2, 0.25) is 5.02 Å². The Bertz CT molecular complexity index is 1240. The van der Waals surface area contributed by atoms with Crippen molar-refractivity contribution in [1.29, 1.82) is 0 Å². The number of urea groups is 1. The number of para-hydroxylation sites is 1. The van der Waals surface area contributed by atoms with Crippen molar-refractivity contribution >= 4 is 40.2 Å². The SMILES string of the molecule is Cc1ccc(NC(=O)N2CCC(C(C(=O)O)N3CCC(c4c[nH]c5ccccc45)CC3)CC2)cc1Cl. The lowest BCUT2D eigenvalue weighted by molar-refractivity contribution is -0.146. The van der Waals surface area contributed by atoms with Crippen LogP contribution in [0.15, 0.2) is 48.7 Å². The molecule has 5 rings (SSSR count). The number of carboxylic acid groups (broad SMARTS) is 1. The summed E-state index contributed by atoms with van der Waals surface area (Å²) in [5.41, 5.74) is 4.12. The van der Waals surface area contributed by atoms with Crippen molar-refractivity contribution < 1.29 is 14.7 Å². The number of aromatic nitrogens is 1. The molecule has 1 atom stereocenters. The number of aryl methyl sites for hydroxylation is 1. The number of amides is 2. The summed E-state index contributed by atoms with van der Waals surface area (Å²) < 4.78 is 0. The van der Waals surface area contributed by atoms with Gasteiger partial charge in [0.05, 0.1) is 0 Å². The smallest absolute Gasteiger partial charge is 0.321 e. The average Bonchev–Trinajstić information content (AvgIpc) is 3.31. The summed E-state index contributed by atoms with van der Waals surface area (Å²) in [4.78, 5) is 32.4. The Kier molecular flexibility index (Phi) is 7.21. The normalized spacial score (nSPS) is 18.9. The number of anilines is 1. The van der Waals surface area contributed by atoms with E-state index in [9.17, 15) is 14.7 Å². The third-order valence-corrected chi connectivity index (χ3v) is 8.34. The Balaban J connectivity index is 1.17. The van der Waals surface area contributed by atoms with Gasteiger partial charge in [-0.1, -0.05) is 35.9 Å². The second-order valence-electron chi connectivity index (χ2n) is 10.1. The lowest BCUT2D eigenvalue weighted by atomic mass is 9.84. The molecular weight excluding hydrogens is 476 g/mol. The van der Waals surface area contributed by atoms with Crippen molar-refractivity contribution in [2.24, 2.45) is 5.92 Å². The first-order chi connectivity index (χ1) is 17.4. The number of likely N-dealkylation sites (tertiary alicyclic amines) is 2. The molecule has 2 fully saturated rings. The summed E-state index contributed by atoms with van der Waals surface area (Å²) in [5, 5.41) is 14.9. The van der Waals surface area contributed by atoms with E-state index in [4.69, 9.17) is 11.6 Å². The summed E-state index contributed by atoms with van der Waals surface area (Å²) in [5.74, 6) is -0.282. The van der Waals surface area contributed by atoms with Gasteiger partial charge in [-0.2, -0.15) is 0 Å². The van der Waals surface area contributed by atoms with Gasteiger partial charge in [-0.05, 0) is 86.9 Å². The molecule has 2 amide bonds. The van der Waals surface area contributed by atoms with E-state index in [1.165, 1.54) is 10.9 Å². The number of carbonyl (C=O) groups excluding carboxylic acids is 1. The topological polar surface area (TPSA) is 88.7 Å².